The lowest BCUT2D eigenvalue weighted by Gasteiger charge is -2.03. The highest BCUT2D eigenvalue weighted by atomic mass is 19.2. The Kier molecular flexibility index (Phi) is 3.38. The zero-order valence-electron chi connectivity index (χ0n) is 7.83. The lowest BCUT2D eigenvalue weighted by Crippen LogP contribution is -1.93. The topological polar surface area (TPSA) is 46.5 Å². The van der Waals surface area contributed by atoms with Crippen molar-refractivity contribution in [2.24, 2.45) is 0 Å². The molecule has 0 aliphatic heterocycles. The van der Waals surface area contributed by atoms with Crippen molar-refractivity contribution >= 4 is 12.0 Å². The molecule has 0 aliphatic carbocycles. The summed E-state index contributed by atoms with van der Waals surface area (Å²) in [5, 5.41) is 8.34. The Bertz CT molecular complexity index is 413. The summed E-state index contributed by atoms with van der Waals surface area (Å²) < 4.78 is 30.4. The fraction of sp³-hybridized carbons (Fsp3) is 0.100. The molecule has 1 rings (SSSR count). The van der Waals surface area contributed by atoms with E-state index in [0.29, 0.717) is 0 Å². The molecule has 1 aromatic carbocycles. The molecule has 0 aromatic heterocycles. The Labute approximate surface area is 84.6 Å². The first kappa shape index (κ1) is 11.2. The van der Waals surface area contributed by atoms with Gasteiger partial charge in [-0.3, -0.25) is 0 Å². The average Bonchev–Trinajstić information content (AvgIpc) is 2.19. The molecule has 1 aromatic rings. The molecule has 0 aliphatic rings. The molecule has 0 radical (unpaired) electrons. The molecule has 1 N–H and O–H groups in total. The molecule has 0 fully saturated rings. The molecule has 0 heterocycles. The summed E-state index contributed by atoms with van der Waals surface area (Å²) in [5.41, 5.74) is 0.216. The van der Waals surface area contributed by atoms with Gasteiger partial charge in [0.15, 0.2) is 11.6 Å². The highest BCUT2D eigenvalue weighted by molar-refractivity contribution is 5.85. The standard InChI is InChI=1S/C10H8F2O3/c1-15-8-5-6(2-3-9(13)14)4-7(11)10(8)12/h2-5H,1H3,(H,13,14)/b3-2+. The predicted molar refractivity (Wildman–Crippen MR) is 49.6 cm³/mol. The van der Waals surface area contributed by atoms with E-state index in [2.05, 4.69) is 4.74 Å². The van der Waals surface area contributed by atoms with Crippen LogP contribution >= 0.6 is 0 Å². The Hall–Kier alpha value is -1.91. The Morgan fingerprint density at radius 1 is 1.47 bits per heavy atom. The molecule has 80 valence electrons. The normalized spacial score (nSPS) is 10.6. The van der Waals surface area contributed by atoms with Gasteiger partial charge in [-0.25, -0.2) is 9.18 Å². The van der Waals surface area contributed by atoms with E-state index in [9.17, 15) is 13.6 Å². The van der Waals surface area contributed by atoms with Gasteiger partial charge < -0.3 is 9.84 Å². The van der Waals surface area contributed by atoms with Crippen LogP contribution in [0.2, 0.25) is 0 Å². The van der Waals surface area contributed by atoms with Crippen molar-refractivity contribution in [3.05, 3.63) is 35.4 Å². The third kappa shape index (κ3) is 2.77. The monoisotopic (exact) mass is 214 g/mol. The van der Waals surface area contributed by atoms with E-state index in [-0.39, 0.29) is 11.3 Å². The quantitative estimate of drug-likeness (QED) is 0.783. The summed E-state index contributed by atoms with van der Waals surface area (Å²) >= 11 is 0. The number of benzene rings is 1. The second-order valence-electron chi connectivity index (χ2n) is 2.69. The molecule has 0 saturated heterocycles. The highest BCUT2D eigenvalue weighted by Crippen LogP contribution is 2.22. The minimum Gasteiger partial charge on any atom is -0.494 e. The molecule has 0 amide bonds. The van der Waals surface area contributed by atoms with E-state index < -0.39 is 17.6 Å². The van der Waals surface area contributed by atoms with Gasteiger partial charge >= 0.3 is 5.97 Å². The van der Waals surface area contributed by atoms with E-state index in [1.54, 1.807) is 0 Å². The number of rotatable bonds is 3. The first-order chi connectivity index (χ1) is 7.04. The second kappa shape index (κ2) is 4.54. The van der Waals surface area contributed by atoms with Crippen LogP contribution in [-0.2, 0) is 4.79 Å². The number of aliphatic carboxylic acids is 1. The number of halogens is 2. The van der Waals surface area contributed by atoms with E-state index in [1.165, 1.54) is 13.2 Å². The first-order valence-corrected chi connectivity index (χ1v) is 3.98. The summed E-state index contributed by atoms with van der Waals surface area (Å²) in [4.78, 5) is 10.2. The third-order valence-corrected chi connectivity index (χ3v) is 1.66. The fourth-order valence-electron chi connectivity index (χ4n) is 0.996. The summed E-state index contributed by atoms with van der Waals surface area (Å²) in [7, 11) is 1.20. The molecule has 0 atom stereocenters. The second-order valence-corrected chi connectivity index (χ2v) is 2.69. The minimum atomic E-state index is -1.17. The number of carbonyl (C=O) groups is 1. The van der Waals surface area contributed by atoms with Crippen LogP contribution in [0.3, 0.4) is 0 Å². The van der Waals surface area contributed by atoms with Crippen LogP contribution in [0.4, 0.5) is 8.78 Å². The lowest BCUT2D eigenvalue weighted by molar-refractivity contribution is -0.131. The van der Waals surface area contributed by atoms with Crippen LogP contribution in [0.15, 0.2) is 18.2 Å². The van der Waals surface area contributed by atoms with Gasteiger partial charge in [0.1, 0.15) is 0 Å². The van der Waals surface area contributed by atoms with Crippen LogP contribution in [0.1, 0.15) is 5.56 Å². The maximum absolute atomic E-state index is 12.9. The van der Waals surface area contributed by atoms with Crippen molar-refractivity contribution in [3.8, 4) is 5.75 Å². The third-order valence-electron chi connectivity index (χ3n) is 1.66. The van der Waals surface area contributed by atoms with E-state index in [4.69, 9.17) is 5.11 Å². The molecule has 0 unspecified atom stereocenters. The molecular formula is C10H8F2O3. The Balaban J connectivity index is 3.11. The van der Waals surface area contributed by atoms with Crippen molar-refractivity contribution < 1.29 is 23.4 Å². The van der Waals surface area contributed by atoms with Crippen molar-refractivity contribution in [2.75, 3.05) is 7.11 Å². The summed E-state index contributed by atoms with van der Waals surface area (Å²) in [6.07, 6.45) is 1.97. The number of hydrogen-bond acceptors (Lipinski definition) is 2. The molecule has 5 heteroatoms. The van der Waals surface area contributed by atoms with Gasteiger partial charge in [0, 0.05) is 6.08 Å². The van der Waals surface area contributed by atoms with Gasteiger partial charge in [-0.2, -0.15) is 4.39 Å². The zero-order chi connectivity index (χ0) is 11.4. The molecule has 0 saturated carbocycles. The van der Waals surface area contributed by atoms with Gasteiger partial charge in [0.25, 0.3) is 0 Å². The highest BCUT2D eigenvalue weighted by Gasteiger charge is 2.09. The zero-order valence-corrected chi connectivity index (χ0v) is 7.83. The number of ether oxygens (including phenoxy) is 1. The number of methoxy groups -OCH3 is 1. The van der Waals surface area contributed by atoms with Gasteiger partial charge in [0.2, 0.25) is 5.82 Å². The van der Waals surface area contributed by atoms with Crippen molar-refractivity contribution in [3.63, 3.8) is 0 Å². The maximum atomic E-state index is 12.9. The largest absolute Gasteiger partial charge is 0.494 e. The van der Waals surface area contributed by atoms with E-state index in [1.807, 2.05) is 0 Å². The van der Waals surface area contributed by atoms with Gasteiger partial charge in [-0.1, -0.05) is 0 Å². The molecule has 0 spiro atoms. The smallest absolute Gasteiger partial charge is 0.328 e. The average molecular weight is 214 g/mol. The fourth-order valence-corrected chi connectivity index (χ4v) is 0.996. The van der Waals surface area contributed by atoms with Crippen molar-refractivity contribution in [2.45, 2.75) is 0 Å². The predicted octanol–water partition coefficient (Wildman–Crippen LogP) is 2.07. The summed E-state index contributed by atoms with van der Waals surface area (Å²) in [6, 6.07) is 2.09. The van der Waals surface area contributed by atoms with Crippen LogP contribution in [0.25, 0.3) is 6.08 Å². The van der Waals surface area contributed by atoms with Crippen LogP contribution in [0, 0.1) is 11.6 Å². The van der Waals surface area contributed by atoms with Gasteiger partial charge in [0.05, 0.1) is 7.11 Å². The van der Waals surface area contributed by atoms with Crippen LogP contribution in [0.5, 0.6) is 5.75 Å². The summed E-state index contributed by atoms with van der Waals surface area (Å²) in [5.74, 6) is -3.61. The summed E-state index contributed by atoms with van der Waals surface area (Å²) in [6.45, 7) is 0. The van der Waals surface area contributed by atoms with Crippen molar-refractivity contribution in [1.82, 2.24) is 0 Å². The van der Waals surface area contributed by atoms with Crippen LogP contribution in [-0.4, -0.2) is 18.2 Å². The molecule has 15 heavy (non-hydrogen) atoms. The number of carboxylic acid groups (broad SMARTS) is 1. The Morgan fingerprint density at radius 2 is 2.13 bits per heavy atom. The van der Waals surface area contributed by atoms with Gasteiger partial charge in [-0.05, 0) is 23.8 Å². The van der Waals surface area contributed by atoms with E-state index >= 15 is 0 Å². The van der Waals surface area contributed by atoms with Crippen molar-refractivity contribution in [1.29, 1.82) is 0 Å². The molecular weight excluding hydrogens is 206 g/mol. The van der Waals surface area contributed by atoms with Crippen LogP contribution < -0.4 is 4.74 Å². The Morgan fingerprint density at radius 3 is 2.67 bits per heavy atom. The lowest BCUT2D eigenvalue weighted by atomic mass is 10.2. The number of hydrogen-bond donors (Lipinski definition) is 1. The molecule has 0 bridgehead atoms. The van der Waals surface area contributed by atoms with E-state index in [0.717, 1.165) is 18.2 Å². The number of carboxylic acids is 1. The molecule has 3 nitrogen and oxygen atoms in total. The first-order valence-electron chi connectivity index (χ1n) is 3.98. The SMILES string of the molecule is COc1cc(/C=C/C(=O)O)cc(F)c1F. The maximum Gasteiger partial charge on any atom is 0.328 e. The minimum absolute atomic E-state index is 0.216. The van der Waals surface area contributed by atoms with Gasteiger partial charge in [-0.15, -0.1) is 0 Å².